The summed E-state index contributed by atoms with van der Waals surface area (Å²) in [5.74, 6) is 0. The van der Waals surface area contributed by atoms with Crippen LogP contribution in [0.5, 0.6) is 0 Å². The van der Waals surface area contributed by atoms with Gasteiger partial charge >= 0.3 is 0 Å². The van der Waals surface area contributed by atoms with Crippen molar-refractivity contribution < 1.29 is 0 Å². The lowest BCUT2D eigenvalue weighted by molar-refractivity contribution is 1.76. The van der Waals surface area contributed by atoms with E-state index in [9.17, 15) is 0 Å². The predicted octanol–water partition coefficient (Wildman–Crippen LogP) is 3.35. The van der Waals surface area contributed by atoms with Gasteiger partial charge in [-0.1, -0.05) is 58.9 Å². The molecule has 0 amide bonds. The highest BCUT2D eigenvalue weighted by atomic mass is 30.2. The van der Waals surface area contributed by atoms with Gasteiger partial charge in [-0.2, -0.15) is 6.14 Å². The summed E-state index contributed by atoms with van der Waals surface area (Å²) in [6.45, 7) is 23.3. The number of hydrogen-bond acceptors (Lipinski definition) is 0. The SMILES string of the molecule is C[Si](C)(C)[Si]([Si-])([Si](C)(C)C)[Si](C)(C)C. The molecule has 0 aliphatic rings. The second kappa shape index (κ2) is 3.83. The zero-order valence-corrected chi connectivity index (χ0v) is 16.5. The highest BCUT2D eigenvalue weighted by Gasteiger charge is 2.48. The third-order valence-electron chi connectivity index (χ3n) is 3.38. The van der Waals surface area contributed by atoms with Gasteiger partial charge in [-0.3, -0.25) is 0 Å². The van der Waals surface area contributed by atoms with Crippen LogP contribution in [0.2, 0.25) is 58.9 Å². The lowest BCUT2D eigenvalue weighted by Gasteiger charge is -2.66. The Morgan fingerprint density at radius 3 is 0.643 bits per heavy atom. The van der Waals surface area contributed by atoms with Gasteiger partial charge in [0.25, 0.3) is 0 Å². The van der Waals surface area contributed by atoms with Crippen molar-refractivity contribution in [2.45, 2.75) is 58.9 Å². The predicted molar refractivity (Wildman–Crippen MR) is 81.5 cm³/mol. The quantitative estimate of drug-likeness (QED) is 0.693. The van der Waals surface area contributed by atoms with Crippen LogP contribution in [0.15, 0.2) is 0 Å². The first-order valence-electron chi connectivity index (χ1n) is 5.50. The molecule has 0 saturated carbocycles. The smallest absolute Gasteiger partial charge is 0.00394 e. The maximum atomic E-state index is 4.43. The van der Waals surface area contributed by atoms with Crippen LogP contribution < -0.4 is 0 Å². The molecule has 0 aliphatic carbocycles. The maximum absolute atomic E-state index is 4.43. The van der Waals surface area contributed by atoms with Gasteiger partial charge in [0.2, 0.25) is 0 Å². The van der Waals surface area contributed by atoms with Crippen molar-refractivity contribution in [1.82, 2.24) is 0 Å². The molecule has 0 aliphatic heterocycles. The number of rotatable bonds is 3. The average Bonchev–Trinajstić information content (AvgIpc) is 1.77. The van der Waals surface area contributed by atoms with Gasteiger partial charge < -0.3 is 9.76 Å². The van der Waals surface area contributed by atoms with E-state index in [-0.39, 0.29) is 0 Å². The minimum atomic E-state index is -1.13. The van der Waals surface area contributed by atoms with Gasteiger partial charge in [-0.25, -0.2) is 0 Å². The zero-order chi connectivity index (χ0) is 12.0. The Hall–Kier alpha value is 1.08. The molecule has 0 bridgehead atoms. The maximum Gasteiger partial charge on any atom is -0.00394 e. The lowest BCUT2D eigenvalue weighted by atomic mass is 11.8. The molecule has 0 N–H and O–H groups in total. The Balaban J connectivity index is 5.54. The minimum absolute atomic E-state index is 1.01. The van der Waals surface area contributed by atoms with E-state index in [4.69, 9.17) is 0 Å². The molecule has 0 unspecified atom stereocenters. The summed E-state index contributed by atoms with van der Waals surface area (Å²) in [4.78, 5) is 0. The van der Waals surface area contributed by atoms with Crippen molar-refractivity contribution in [3.05, 3.63) is 0 Å². The van der Waals surface area contributed by atoms with Crippen LogP contribution in [0.1, 0.15) is 0 Å². The van der Waals surface area contributed by atoms with E-state index in [1.54, 1.807) is 0 Å². The normalized spacial score (nSPS) is 15.9. The molecule has 14 heavy (non-hydrogen) atoms. The van der Waals surface area contributed by atoms with Crippen molar-refractivity contribution in [3.8, 4) is 0 Å². The van der Waals surface area contributed by atoms with Crippen LogP contribution in [-0.2, 0) is 0 Å². The van der Waals surface area contributed by atoms with E-state index >= 15 is 0 Å². The van der Waals surface area contributed by atoms with Crippen LogP contribution >= 0.6 is 0 Å². The molecule has 0 aromatic heterocycles. The molecule has 84 valence electrons. The van der Waals surface area contributed by atoms with E-state index in [0.717, 1.165) is 0 Å². The van der Waals surface area contributed by atoms with Gasteiger partial charge in [0.1, 0.15) is 0 Å². The van der Waals surface area contributed by atoms with Crippen LogP contribution in [0.25, 0.3) is 0 Å². The molecule has 0 heterocycles. The molecular formula is C9H27Si5-. The Morgan fingerprint density at radius 2 is 0.643 bits per heavy atom. The van der Waals surface area contributed by atoms with Gasteiger partial charge in [0.05, 0.1) is 0 Å². The fraction of sp³-hybridized carbons (Fsp3) is 1.00. The van der Waals surface area contributed by atoms with Gasteiger partial charge in [-0.05, 0) is 22.8 Å². The Kier molecular flexibility index (Phi) is 4.13. The highest BCUT2D eigenvalue weighted by Crippen LogP contribution is 2.33. The van der Waals surface area contributed by atoms with Crippen LogP contribution in [-0.4, -0.2) is 38.7 Å². The summed E-state index contributed by atoms with van der Waals surface area (Å²) in [6.07, 6.45) is -1.13. The number of hydrogen-bond donors (Lipinski definition) is 0. The van der Waals surface area contributed by atoms with E-state index in [2.05, 4.69) is 68.7 Å². The molecule has 0 rings (SSSR count). The minimum Gasteiger partial charge on any atom is -0.680 e. The van der Waals surface area contributed by atoms with Crippen molar-refractivity contribution in [2.75, 3.05) is 0 Å². The Labute approximate surface area is 97.5 Å². The first-order chi connectivity index (χ1) is 5.75. The standard InChI is InChI=1S/C9H27Si5/c1-11(2,3)14(10,12(4,5)6)13(7,8)9/h1-9H3/q-1. The fourth-order valence-corrected chi connectivity index (χ4v) is 91.1. The van der Waals surface area contributed by atoms with E-state index < -0.39 is 28.9 Å². The summed E-state index contributed by atoms with van der Waals surface area (Å²) in [6, 6.07) is 0. The van der Waals surface area contributed by atoms with Crippen molar-refractivity contribution in [2.24, 2.45) is 0 Å². The molecular weight excluding hydrogens is 249 g/mol. The largest absolute Gasteiger partial charge is 0.680 e. The average molecular weight is 276 g/mol. The van der Waals surface area contributed by atoms with Crippen molar-refractivity contribution in [1.29, 1.82) is 0 Å². The summed E-state index contributed by atoms with van der Waals surface area (Å²) >= 11 is 0. The Morgan fingerprint density at radius 1 is 0.500 bits per heavy atom. The van der Waals surface area contributed by atoms with Crippen molar-refractivity contribution >= 4 is 38.7 Å². The molecule has 0 saturated heterocycles. The molecule has 2 radical (unpaired) electrons. The molecule has 5 heteroatoms. The second-order valence-corrected chi connectivity index (χ2v) is 54.0. The van der Waals surface area contributed by atoms with Crippen LogP contribution in [0, 0.1) is 0 Å². The third kappa shape index (κ3) is 2.42. The van der Waals surface area contributed by atoms with E-state index in [1.165, 1.54) is 0 Å². The highest BCUT2D eigenvalue weighted by molar-refractivity contribution is 8.00. The van der Waals surface area contributed by atoms with Crippen LogP contribution in [0.4, 0.5) is 0 Å². The van der Waals surface area contributed by atoms with Gasteiger partial charge in [0.15, 0.2) is 0 Å². The van der Waals surface area contributed by atoms with E-state index in [0.29, 0.717) is 0 Å². The van der Waals surface area contributed by atoms with Gasteiger partial charge in [-0.15, -0.1) is 0 Å². The topological polar surface area (TPSA) is 0 Å². The first-order valence-corrected chi connectivity index (χ1v) is 22.5. The summed E-state index contributed by atoms with van der Waals surface area (Å²) < 4.78 is 0. The molecule has 0 aromatic rings. The molecule has 0 fully saturated rings. The van der Waals surface area contributed by atoms with E-state index in [1.807, 2.05) is 0 Å². The Bertz CT molecular complexity index is 167. The molecule has 0 spiro atoms. The fourth-order valence-electron chi connectivity index (χ4n) is 3.38. The third-order valence-corrected chi connectivity index (χ3v) is 91.1. The van der Waals surface area contributed by atoms with Crippen molar-refractivity contribution in [3.63, 3.8) is 0 Å². The molecule has 0 aromatic carbocycles. The van der Waals surface area contributed by atoms with Crippen LogP contribution in [0.3, 0.4) is 0 Å². The zero-order valence-electron chi connectivity index (χ0n) is 11.5. The van der Waals surface area contributed by atoms with Gasteiger partial charge in [0, 0.05) is 0 Å². The summed E-state index contributed by atoms with van der Waals surface area (Å²) in [7, 11) is 1.41. The monoisotopic (exact) mass is 275 g/mol. The molecule has 0 nitrogen and oxygen atoms in total. The molecule has 0 atom stereocenters. The summed E-state index contributed by atoms with van der Waals surface area (Å²) in [5, 5.41) is 0. The second-order valence-electron chi connectivity index (χ2n) is 7.50. The lowest BCUT2D eigenvalue weighted by Crippen LogP contribution is -2.83. The summed E-state index contributed by atoms with van der Waals surface area (Å²) in [5.41, 5.74) is 0. The first kappa shape index (κ1) is 15.1.